The number of phenolic OH excluding ortho intramolecular Hbond substituents is 1. The van der Waals surface area contributed by atoms with Gasteiger partial charge in [-0.3, -0.25) is 15.0 Å². The van der Waals surface area contributed by atoms with E-state index in [1.165, 1.54) is 12.1 Å². The van der Waals surface area contributed by atoms with E-state index >= 15 is 0 Å². The van der Waals surface area contributed by atoms with Crippen LogP contribution in [0.1, 0.15) is 5.56 Å². The number of hydrogen-bond acceptors (Lipinski definition) is 6. The summed E-state index contributed by atoms with van der Waals surface area (Å²) in [5, 5.41) is 23.0. The standard InChI is InChI=1S/C12H13N3O4/c16-8-10-7-14(4-3-13-10)6-9-1-2-12(17)11(5-9)15(18)19/h1-2,5,13,17H,3-4,6-7H2. The molecule has 2 rings (SSSR count). The molecule has 0 unspecified atom stereocenters. The topological polar surface area (TPSA) is 95.7 Å². The molecule has 0 aromatic heterocycles. The highest BCUT2D eigenvalue weighted by Gasteiger charge is 2.18. The van der Waals surface area contributed by atoms with E-state index in [9.17, 15) is 20.0 Å². The van der Waals surface area contributed by atoms with Crippen LogP contribution in [0.4, 0.5) is 5.69 Å². The molecular weight excluding hydrogens is 250 g/mol. The molecule has 0 radical (unpaired) electrons. The van der Waals surface area contributed by atoms with Gasteiger partial charge in [-0.2, -0.15) is 0 Å². The van der Waals surface area contributed by atoms with Crippen molar-refractivity contribution in [3.8, 4) is 5.75 Å². The van der Waals surface area contributed by atoms with Crippen LogP contribution in [0.3, 0.4) is 0 Å². The van der Waals surface area contributed by atoms with E-state index in [-0.39, 0.29) is 11.4 Å². The molecule has 1 fully saturated rings. The van der Waals surface area contributed by atoms with Crippen molar-refractivity contribution < 1.29 is 14.8 Å². The molecule has 0 aliphatic carbocycles. The molecule has 1 saturated heterocycles. The van der Waals surface area contributed by atoms with Gasteiger partial charge in [0.05, 0.1) is 4.92 Å². The number of carbonyl (C=O) groups excluding carboxylic acids is 1. The van der Waals surface area contributed by atoms with Gasteiger partial charge in [0.25, 0.3) is 0 Å². The highest BCUT2D eigenvalue weighted by atomic mass is 16.6. The van der Waals surface area contributed by atoms with Gasteiger partial charge in [0.2, 0.25) is 0 Å². The zero-order valence-electron chi connectivity index (χ0n) is 10.1. The van der Waals surface area contributed by atoms with E-state index < -0.39 is 4.92 Å². The molecule has 0 spiro atoms. The summed E-state index contributed by atoms with van der Waals surface area (Å²) in [7, 11) is 0. The monoisotopic (exact) mass is 263 g/mol. The fourth-order valence-corrected chi connectivity index (χ4v) is 2.00. The van der Waals surface area contributed by atoms with E-state index in [2.05, 4.69) is 5.32 Å². The quantitative estimate of drug-likeness (QED) is 0.466. The summed E-state index contributed by atoms with van der Waals surface area (Å²) in [6, 6.07) is 4.29. The number of hydrogen-bond donors (Lipinski definition) is 2. The normalized spacial score (nSPS) is 15.7. The molecule has 0 amide bonds. The fourth-order valence-electron chi connectivity index (χ4n) is 2.00. The first kappa shape index (κ1) is 13.1. The number of aromatic hydroxyl groups is 1. The number of nitro benzene ring substituents is 1. The summed E-state index contributed by atoms with van der Waals surface area (Å²) in [5.41, 5.74) is 0.898. The number of piperazine rings is 1. The van der Waals surface area contributed by atoms with Crippen LogP contribution < -0.4 is 5.32 Å². The van der Waals surface area contributed by atoms with Gasteiger partial charge in [-0.15, -0.1) is 0 Å². The summed E-state index contributed by atoms with van der Waals surface area (Å²) in [5.74, 6) is 1.48. The predicted octanol–water partition coefficient (Wildman–Crippen LogP) is 0.421. The van der Waals surface area contributed by atoms with Crippen LogP contribution in [0.25, 0.3) is 0 Å². The van der Waals surface area contributed by atoms with Gasteiger partial charge in [0.15, 0.2) is 5.75 Å². The molecule has 7 nitrogen and oxygen atoms in total. The molecule has 7 heteroatoms. The summed E-state index contributed by atoms with van der Waals surface area (Å²) < 4.78 is 0. The van der Waals surface area contributed by atoms with E-state index in [1.54, 1.807) is 6.07 Å². The van der Waals surface area contributed by atoms with Crippen molar-refractivity contribution in [1.82, 2.24) is 10.2 Å². The second-order valence-electron chi connectivity index (χ2n) is 4.30. The maximum Gasteiger partial charge on any atom is 0.311 e. The molecule has 2 N–H and O–H groups in total. The molecule has 100 valence electrons. The zero-order chi connectivity index (χ0) is 13.8. The van der Waals surface area contributed by atoms with Crippen LogP contribution in [-0.2, 0) is 11.3 Å². The van der Waals surface area contributed by atoms with Crippen molar-refractivity contribution in [3.63, 3.8) is 0 Å². The fraction of sp³-hybridized carbons (Fsp3) is 0.333. The highest BCUT2D eigenvalue weighted by molar-refractivity contribution is 5.52. The van der Waals surface area contributed by atoms with Crippen molar-refractivity contribution in [2.24, 2.45) is 0 Å². The van der Waals surface area contributed by atoms with Gasteiger partial charge in [-0.1, -0.05) is 6.07 Å². The molecule has 0 saturated carbocycles. The Morgan fingerprint density at radius 3 is 3.00 bits per heavy atom. The molecular formula is C12H13N3O4. The average molecular weight is 263 g/mol. The van der Waals surface area contributed by atoms with Gasteiger partial charge in [-0.25, -0.2) is 4.79 Å². The van der Waals surface area contributed by atoms with Crippen LogP contribution in [-0.4, -0.2) is 40.5 Å². The first-order chi connectivity index (χ1) is 9.10. The van der Waals surface area contributed by atoms with Gasteiger partial charge in [0, 0.05) is 32.2 Å². The minimum Gasteiger partial charge on any atom is -0.502 e. The van der Waals surface area contributed by atoms with Gasteiger partial charge < -0.3 is 10.4 Å². The summed E-state index contributed by atoms with van der Waals surface area (Å²) in [4.78, 5) is 22.7. The number of nitro groups is 1. The third kappa shape index (κ3) is 3.09. The summed E-state index contributed by atoms with van der Waals surface area (Å²) in [6.45, 7) is 2.30. The molecule has 1 heterocycles. The summed E-state index contributed by atoms with van der Waals surface area (Å²) >= 11 is 0. The van der Waals surface area contributed by atoms with Crippen LogP contribution in [0.5, 0.6) is 5.75 Å². The first-order valence-electron chi connectivity index (χ1n) is 5.76. The Bertz CT molecular complexity index is 552. The third-order valence-corrected chi connectivity index (χ3v) is 2.91. The number of phenols is 1. The second kappa shape index (κ2) is 5.51. The molecule has 1 aromatic rings. The lowest BCUT2D eigenvalue weighted by molar-refractivity contribution is -0.385. The Morgan fingerprint density at radius 1 is 1.53 bits per heavy atom. The van der Waals surface area contributed by atoms with Crippen LogP contribution in [0, 0.1) is 10.1 Å². The smallest absolute Gasteiger partial charge is 0.311 e. The molecule has 1 aliphatic rings. The number of rotatable bonds is 3. The Labute approximate surface area is 109 Å². The van der Waals surface area contributed by atoms with Crippen molar-refractivity contribution in [2.75, 3.05) is 19.6 Å². The van der Waals surface area contributed by atoms with Crippen LogP contribution in [0.15, 0.2) is 23.9 Å². The van der Waals surface area contributed by atoms with E-state index in [0.717, 1.165) is 12.1 Å². The summed E-state index contributed by atoms with van der Waals surface area (Å²) in [6.07, 6.45) is 0. The second-order valence-corrected chi connectivity index (χ2v) is 4.30. The number of benzene rings is 1. The van der Waals surface area contributed by atoms with Crippen molar-refractivity contribution in [3.05, 3.63) is 39.6 Å². The molecule has 1 aliphatic heterocycles. The highest BCUT2D eigenvalue weighted by Crippen LogP contribution is 2.26. The van der Waals surface area contributed by atoms with Crippen molar-refractivity contribution >= 4 is 11.6 Å². The Hall–Kier alpha value is -2.37. The third-order valence-electron chi connectivity index (χ3n) is 2.91. The lowest BCUT2D eigenvalue weighted by atomic mass is 10.1. The lowest BCUT2D eigenvalue weighted by Crippen LogP contribution is -2.41. The molecule has 0 bridgehead atoms. The maximum absolute atomic E-state index is 10.7. The Morgan fingerprint density at radius 2 is 2.32 bits per heavy atom. The molecule has 19 heavy (non-hydrogen) atoms. The minimum atomic E-state index is -0.618. The largest absolute Gasteiger partial charge is 0.502 e. The average Bonchev–Trinajstić information content (AvgIpc) is 2.41. The van der Waals surface area contributed by atoms with E-state index in [0.29, 0.717) is 25.3 Å². The van der Waals surface area contributed by atoms with Crippen molar-refractivity contribution in [2.45, 2.75) is 6.54 Å². The van der Waals surface area contributed by atoms with Gasteiger partial charge in [0.1, 0.15) is 11.6 Å². The van der Waals surface area contributed by atoms with E-state index in [4.69, 9.17) is 0 Å². The van der Waals surface area contributed by atoms with Crippen molar-refractivity contribution in [1.29, 1.82) is 0 Å². The first-order valence-corrected chi connectivity index (χ1v) is 5.76. The molecule has 1 aromatic carbocycles. The van der Waals surface area contributed by atoms with Gasteiger partial charge >= 0.3 is 5.69 Å². The van der Waals surface area contributed by atoms with Crippen LogP contribution in [0.2, 0.25) is 0 Å². The lowest BCUT2D eigenvalue weighted by Gasteiger charge is -2.27. The SMILES string of the molecule is O=C=C1CN(Cc2ccc(O)c([N+](=O)[O-])c2)CCN1. The molecule has 0 atom stereocenters. The Balaban J connectivity index is 2.13. The Kier molecular flexibility index (Phi) is 3.79. The van der Waals surface area contributed by atoms with Gasteiger partial charge in [-0.05, 0) is 11.6 Å². The minimum absolute atomic E-state index is 0.307. The number of nitrogens with zero attached hydrogens (tertiary/aromatic N) is 2. The predicted molar refractivity (Wildman–Crippen MR) is 67.2 cm³/mol. The maximum atomic E-state index is 10.7. The number of nitrogens with one attached hydrogen (secondary N) is 1. The van der Waals surface area contributed by atoms with E-state index in [1.807, 2.05) is 10.8 Å². The van der Waals surface area contributed by atoms with Crippen LogP contribution >= 0.6 is 0 Å². The zero-order valence-corrected chi connectivity index (χ0v) is 10.1.